The Morgan fingerprint density at radius 3 is 3.25 bits per heavy atom. The molecule has 0 aliphatic carbocycles. The van der Waals surface area contributed by atoms with E-state index in [1.54, 1.807) is 12.4 Å². The molecule has 0 saturated heterocycles. The van der Waals surface area contributed by atoms with Gasteiger partial charge in [0.15, 0.2) is 0 Å². The van der Waals surface area contributed by atoms with Gasteiger partial charge in [-0.3, -0.25) is 0 Å². The fourth-order valence-electron chi connectivity index (χ4n) is 0.585. The number of nitrogens with zero attached hydrogens (tertiary/aromatic N) is 2. The summed E-state index contributed by atoms with van der Waals surface area (Å²) >= 11 is 0. The molecule has 0 spiro atoms. The molecule has 0 saturated carbocycles. The monoisotopic (exact) mass is 108 g/mol. The lowest BCUT2D eigenvalue weighted by molar-refractivity contribution is 1.45. The molecule has 2 heteroatoms. The molecule has 0 radical (unpaired) electrons. The van der Waals surface area contributed by atoms with Crippen LogP contribution in [-0.2, 0) is 0 Å². The predicted molar refractivity (Wildman–Crippen MR) is 35.4 cm³/mol. The molecule has 1 heterocycles. The normalized spacial score (nSPS) is 17.9. The zero-order chi connectivity index (χ0) is 5.82. The van der Waals surface area contributed by atoms with E-state index in [0.29, 0.717) is 0 Å². The van der Waals surface area contributed by atoms with Crippen LogP contribution in [0.1, 0.15) is 13.3 Å². The first-order valence-electron chi connectivity index (χ1n) is 2.64. The van der Waals surface area contributed by atoms with Crippen molar-refractivity contribution in [3.05, 3.63) is 12.3 Å². The van der Waals surface area contributed by atoms with Crippen molar-refractivity contribution in [2.75, 3.05) is 0 Å². The highest BCUT2D eigenvalue weighted by Crippen LogP contribution is 1.99. The molecule has 0 aromatic heterocycles. The standard InChI is InChI=1S/C6H8N2/c1-2-7-6-4-3-5-8-6/h2-3,5H,4H2,1H3/b7-2+. The molecule has 8 heavy (non-hydrogen) atoms. The number of hydrogen-bond acceptors (Lipinski definition) is 2. The van der Waals surface area contributed by atoms with E-state index in [4.69, 9.17) is 0 Å². The third-order valence-electron chi connectivity index (χ3n) is 0.908. The summed E-state index contributed by atoms with van der Waals surface area (Å²) < 4.78 is 0. The van der Waals surface area contributed by atoms with Crippen LogP contribution in [0.5, 0.6) is 0 Å². The SMILES string of the molecule is C/C=N/C1=NC=CC1. The van der Waals surface area contributed by atoms with E-state index in [0.717, 1.165) is 12.3 Å². The van der Waals surface area contributed by atoms with Crippen LogP contribution in [-0.4, -0.2) is 12.1 Å². The molecule has 1 aliphatic heterocycles. The van der Waals surface area contributed by atoms with Crippen molar-refractivity contribution in [3.63, 3.8) is 0 Å². The Hall–Kier alpha value is -0.920. The van der Waals surface area contributed by atoms with E-state index in [1.165, 1.54) is 0 Å². The van der Waals surface area contributed by atoms with Crippen molar-refractivity contribution in [3.8, 4) is 0 Å². The first kappa shape index (κ1) is 5.22. The topological polar surface area (TPSA) is 24.7 Å². The van der Waals surface area contributed by atoms with Gasteiger partial charge < -0.3 is 0 Å². The van der Waals surface area contributed by atoms with Crippen LogP contribution in [0.3, 0.4) is 0 Å². The van der Waals surface area contributed by atoms with E-state index in [9.17, 15) is 0 Å². The number of aliphatic imine (C=N–C) groups is 2. The molecule has 0 atom stereocenters. The van der Waals surface area contributed by atoms with Gasteiger partial charge >= 0.3 is 0 Å². The van der Waals surface area contributed by atoms with Crippen LogP contribution >= 0.6 is 0 Å². The minimum atomic E-state index is 0.893. The first-order valence-corrected chi connectivity index (χ1v) is 2.64. The number of rotatable bonds is 0. The van der Waals surface area contributed by atoms with Crippen LogP contribution in [0.15, 0.2) is 22.3 Å². The second kappa shape index (κ2) is 2.40. The van der Waals surface area contributed by atoms with Gasteiger partial charge in [0, 0.05) is 18.8 Å². The van der Waals surface area contributed by atoms with Crippen molar-refractivity contribution in [2.24, 2.45) is 9.98 Å². The van der Waals surface area contributed by atoms with Crippen molar-refractivity contribution >= 4 is 12.1 Å². The molecule has 0 N–H and O–H groups in total. The van der Waals surface area contributed by atoms with E-state index in [-0.39, 0.29) is 0 Å². The van der Waals surface area contributed by atoms with Gasteiger partial charge in [-0.15, -0.1) is 0 Å². The minimum absolute atomic E-state index is 0.893. The Balaban J connectivity index is 2.51. The van der Waals surface area contributed by atoms with Gasteiger partial charge in [-0.05, 0) is 6.92 Å². The van der Waals surface area contributed by atoms with Crippen LogP contribution in [0.25, 0.3) is 0 Å². The minimum Gasteiger partial charge on any atom is -0.246 e. The van der Waals surface area contributed by atoms with Crippen LogP contribution < -0.4 is 0 Å². The third kappa shape index (κ3) is 1.03. The van der Waals surface area contributed by atoms with Gasteiger partial charge in [-0.2, -0.15) is 0 Å². The van der Waals surface area contributed by atoms with Crippen LogP contribution in [0, 0.1) is 0 Å². The number of amidine groups is 1. The lowest BCUT2D eigenvalue weighted by atomic mass is 10.4. The van der Waals surface area contributed by atoms with E-state index >= 15 is 0 Å². The Bertz CT molecular complexity index is 154. The largest absolute Gasteiger partial charge is 0.246 e. The average Bonchev–Trinajstić information content (AvgIpc) is 2.19. The maximum atomic E-state index is 3.99. The van der Waals surface area contributed by atoms with Gasteiger partial charge in [0.05, 0.1) is 0 Å². The van der Waals surface area contributed by atoms with Gasteiger partial charge in [0.2, 0.25) is 0 Å². The Morgan fingerprint density at radius 2 is 2.75 bits per heavy atom. The van der Waals surface area contributed by atoms with Gasteiger partial charge in [-0.25, -0.2) is 9.98 Å². The fraction of sp³-hybridized carbons (Fsp3) is 0.333. The number of hydrogen-bond donors (Lipinski definition) is 0. The summed E-state index contributed by atoms with van der Waals surface area (Å²) in [5, 5.41) is 0. The third-order valence-corrected chi connectivity index (χ3v) is 0.908. The maximum absolute atomic E-state index is 3.99. The summed E-state index contributed by atoms with van der Waals surface area (Å²) in [7, 11) is 0. The van der Waals surface area contributed by atoms with Gasteiger partial charge in [0.1, 0.15) is 5.84 Å². The maximum Gasteiger partial charge on any atom is 0.131 e. The Labute approximate surface area is 48.7 Å². The van der Waals surface area contributed by atoms with Gasteiger partial charge in [0.25, 0.3) is 0 Å². The molecular formula is C6H8N2. The summed E-state index contributed by atoms with van der Waals surface area (Å²) in [5.74, 6) is 0.910. The molecule has 0 amide bonds. The summed E-state index contributed by atoms with van der Waals surface area (Å²) in [5.41, 5.74) is 0. The van der Waals surface area contributed by atoms with E-state index in [1.807, 2.05) is 13.0 Å². The molecule has 42 valence electrons. The van der Waals surface area contributed by atoms with Crippen LogP contribution in [0.4, 0.5) is 0 Å². The lowest BCUT2D eigenvalue weighted by Crippen LogP contribution is -1.85. The molecule has 0 aromatic rings. The van der Waals surface area contributed by atoms with Crippen LogP contribution in [0.2, 0.25) is 0 Å². The summed E-state index contributed by atoms with van der Waals surface area (Å²) in [6.45, 7) is 1.89. The van der Waals surface area contributed by atoms with Crippen molar-refractivity contribution in [1.82, 2.24) is 0 Å². The zero-order valence-electron chi connectivity index (χ0n) is 4.83. The molecular weight excluding hydrogens is 100 g/mol. The average molecular weight is 108 g/mol. The second-order valence-corrected chi connectivity index (χ2v) is 1.52. The lowest BCUT2D eigenvalue weighted by Gasteiger charge is -1.82. The van der Waals surface area contributed by atoms with E-state index in [2.05, 4.69) is 9.98 Å². The Kier molecular flexibility index (Phi) is 1.57. The molecule has 0 aromatic carbocycles. The predicted octanol–water partition coefficient (Wildman–Crippen LogP) is 1.39. The fourth-order valence-corrected chi connectivity index (χ4v) is 0.585. The highest BCUT2D eigenvalue weighted by Gasteiger charge is 1.93. The summed E-state index contributed by atoms with van der Waals surface area (Å²) in [6, 6.07) is 0. The summed E-state index contributed by atoms with van der Waals surface area (Å²) in [6.07, 6.45) is 6.42. The highest BCUT2D eigenvalue weighted by atomic mass is 14.9. The van der Waals surface area contributed by atoms with Gasteiger partial charge in [-0.1, -0.05) is 6.08 Å². The van der Waals surface area contributed by atoms with Crippen molar-refractivity contribution in [2.45, 2.75) is 13.3 Å². The Morgan fingerprint density at radius 1 is 1.88 bits per heavy atom. The molecule has 1 aliphatic rings. The molecule has 1 rings (SSSR count). The van der Waals surface area contributed by atoms with Crippen molar-refractivity contribution in [1.29, 1.82) is 0 Å². The van der Waals surface area contributed by atoms with Crippen molar-refractivity contribution < 1.29 is 0 Å². The molecule has 0 fully saturated rings. The smallest absolute Gasteiger partial charge is 0.131 e. The highest BCUT2D eigenvalue weighted by molar-refractivity contribution is 5.91. The molecule has 0 bridgehead atoms. The first-order chi connectivity index (χ1) is 3.93. The summed E-state index contributed by atoms with van der Waals surface area (Å²) in [4.78, 5) is 7.95. The molecule has 0 unspecified atom stereocenters. The second-order valence-electron chi connectivity index (χ2n) is 1.52. The zero-order valence-corrected chi connectivity index (χ0v) is 4.83. The molecule has 2 nitrogen and oxygen atoms in total. The van der Waals surface area contributed by atoms with E-state index < -0.39 is 0 Å². The quantitative estimate of drug-likeness (QED) is 0.419.